The number of nitrogens with zero attached hydrogens (tertiary/aromatic N) is 1. The van der Waals surface area contributed by atoms with Gasteiger partial charge in [0.15, 0.2) is 5.78 Å². The average molecular weight is 521 g/mol. The van der Waals surface area contributed by atoms with Crippen LogP contribution in [0.25, 0.3) is 0 Å². The summed E-state index contributed by atoms with van der Waals surface area (Å²) in [5.41, 5.74) is -1.24. The molecule has 0 aromatic rings. The molecule has 4 atom stereocenters. The molecule has 3 aliphatic rings. The fourth-order valence-corrected chi connectivity index (χ4v) is 5.42. The van der Waals surface area contributed by atoms with E-state index < -0.39 is 41.4 Å². The number of hydrogen-bond donors (Lipinski definition) is 4. The highest BCUT2D eigenvalue weighted by Gasteiger charge is 2.61. The van der Waals surface area contributed by atoms with E-state index >= 15 is 0 Å². The van der Waals surface area contributed by atoms with E-state index in [0.29, 0.717) is 25.8 Å². The molecule has 1 saturated heterocycles. The fourth-order valence-electron chi connectivity index (χ4n) is 5.42. The Kier molecular flexibility index (Phi) is 9.95. The standard InChI is InChI=1S/C27H44N4O6/c1-4-5-6-7-8-10-19-15-27(19,25(35)36)30-24(34)20-11-9-14-31(20)21(32)16-28-26(37)29-22(17(2)3)23(33)18-12-13-18/h17-20,22H,4-16H2,1-3H3,(H,30,34)(H,35,36)(H2,28,29,37)/t19?,20-,22-,27+/m0/s1. The number of Topliss-reactive ketones (excluding diaryl/α,β-unsaturated/α-hetero) is 1. The first-order chi connectivity index (χ1) is 17.6. The third-order valence-corrected chi connectivity index (χ3v) is 8.00. The van der Waals surface area contributed by atoms with Crippen molar-refractivity contribution in [2.24, 2.45) is 17.8 Å². The minimum Gasteiger partial charge on any atom is -0.479 e. The van der Waals surface area contributed by atoms with Crippen LogP contribution in [0.1, 0.15) is 91.4 Å². The third kappa shape index (κ3) is 7.45. The zero-order valence-electron chi connectivity index (χ0n) is 22.5. The van der Waals surface area contributed by atoms with Crippen molar-refractivity contribution in [2.45, 2.75) is 109 Å². The second-order valence-corrected chi connectivity index (χ2v) is 11.3. The molecular formula is C27H44N4O6. The Morgan fingerprint density at radius 1 is 1.03 bits per heavy atom. The van der Waals surface area contributed by atoms with Crippen molar-refractivity contribution in [3.8, 4) is 0 Å². The van der Waals surface area contributed by atoms with E-state index in [1.54, 1.807) is 0 Å². The zero-order valence-corrected chi connectivity index (χ0v) is 22.5. The largest absolute Gasteiger partial charge is 0.479 e. The number of amides is 4. The van der Waals surface area contributed by atoms with Crippen LogP contribution >= 0.6 is 0 Å². The summed E-state index contributed by atoms with van der Waals surface area (Å²) in [5.74, 6) is -1.98. The maximum atomic E-state index is 13.1. The van der Waals surface area contributed by atoms with Crippen LogP contribution in [0, 0.1) is 17.8 Å². The van der Waals surface area contributed by atoms with Gasteiger partial charge in [0.1, 0.15) is 11.6 Å². The van der Waals surface area contributed by atoms with Crippen LogP contribution in [0.15, 0.2) is 0 Å². The molecule has 0 aromatic carbocycles. The lowest BCUT2D eigenvalue weighted by Gasteiger charge is -2.26. The van der Waals surface area contributed by atoms with Crippen molar-refractivity contribution in [1.29, 1.82) is 0 Å². The number of ketones is 1. The Morgan fingerprint density at radius 3 is 2.35 bits per heavy atom. The van der Waals surface area contributed by atoms with Crippen LogP contribution in [-0.2, 0) is 19.2 Å². The number of likely N-dealkylation sites (tertiary alicyclic amines) is 1. The molecule has 0 spiro atoms. The Bertz CT molecular complexity index is 873. The van der Waals surface area contributed by atoms with Gasteiger partial charge < -0.3 is 26.0 Å². The Balaban J connectivity index is 1.48. The van der Waals surface area contributed by atoms with Crippen molar-refractivity contribution in [3.05, 3.63) is 0 Å². The van der Waals surface area contributed by atoms with Crippen LogP contribution in [0.3, 0.4) is 0 Å². The number of carbonyl (C=O) groups excluding carboxylic acids is 4. The van der Waals surface area contributed by atoms with Crippen molar-refractivity contribution in [3.63, 3.8) is 0 Å². The number of nitrogens with one attached hydrogen (secondary N) is 3. The van der Waals surface area contributed by atoms with Crippen molar-refractivity contribution < 1.29 is 29.1 Å². The molecule has 10 heteroatoms. The summed E-state index contributed by atoms with van der Waals surface area (Å²) in [7, 11) is 0. The summed E-state index contributed by atoms with van der Waals surface area (Å²) in [6.07, 6.45) is 9.43. The van der Waals surface area contributed by atoms with Crippen molar-refractivity contribution >= 4 is 29.6 Å². The van der Waals surface area contributed by atoms with E-state index in [1.165, 1.54) is 11.3 Å². The molecule has 0 aromatic heterocycles. The summed E-state index contributed by atoms with van der Waals surface area (Å²) < 4.78 is 0. The molecule has 4 amide bonds. The Labute approximate surface area is 219 Å². The van der Waals surface area contributed by atoms with Crippen molar-refractivity contribution in [1.82, 2.24) is 20.9 Å². The SMILES string of the molecule is CCCCCCCC1C[C@]1(NC(=O)[C@@H]1CCCN1C(=O)CNC(=O)N[C@H](C(=O)C1CC1)C(C)C)C(=O)O. The molecule has 1 heterocycles. The first-order valence-electron chi connectivity index (χ1n) is 14.0. The number of urea groups is 1. The second-order valence-electron chi connectivity index (χ2n) is 11.3. The van der Waals surface area contributed by atoms with Crippen molar-refractivity contribution in [2.75, 3.05) is 13.1 Å². The predicted octanol–water partition coefficient (Wildman–Crippen LogP) is 2.60. The highest BCUT2D eigenvalue weighted by Crippen LogP contribution is 2.47. The molecule has 37 heavy (non-hydrogen) atoms. The normalized spacial score (nSPS) is 25.5. The van der Waals surface area contributed by atoms with E-state index in [2.05, 4.69) is 22.9 Å². The quantitative estimate of drug-likeness (QED) is 0.244. The molecule has 0 radical (unpaired) electrons. The zero-order chi connectivity index (χ0) is 27.2. The summed E-state index contributed by atoms with van der Waals surface area (Å²) >= 11 is 0. The van der Waals surface area contributed by atoms with E-state index in [-0.39, 0.29) is 30.1 Å². The monoisotopic (exact) mass is 520 g/mol. The second kappa shape index (κ2) is 12.7. The van der Waals surface area contributed by atoms with E-state index in [1.807, 2.05) is 13.8 Å². The molecule has 0 bridgehead atoms. The fraction of sp³-hybridized carbons (Fsp3) is 0.815. The Morgan fingerprint density at radius 2 is 1.73 bits per heavy atom. The molecule has 1 aliphatic heterocycles. The number of carboxylic acids is 1. The third-order valence-electron chi connectivity index (χ3n) is 8.00. The minimum absolute atomic E-state index is 0.0134. The lowest BCUT2D eigenvalue weighted by atomic mass is 9.97. The maximum absolute atomic E-state index is 13.1. The molecule has 3 fully saturated rings. The number of rotatable bonds is 15. The molecule has 1 unspecified atom stereocenters. The number of carbonyl (C=O) groups is 5. The van der Waals surface area contributed by atoms with Gasteiger partial charge in [-0.15, -0.1) is 0 Å². The smallest absolute Gasteiger partial charge is 0.329 e. The van der Waals surface area contributed by atoms with Gasteiger partial charge >= 0.3 is 12.0 Å². The lowest BCUT2D eigenvalue weighted by Crippen LogP contribution is -2.55. The van der Waals surface area contributed by atoms with Gasteiger partial charge in [0, 0.05) is 12.5 Å². The van der Waals surface area contributed by atoms with Crippen LogP contribution in [0.4, 0.5) is 4.79 Å². The summed E-state index contributed by atoms with van der Waals surface area (Å²) in [6, 6.07) is -1.94. The van der Waals surface area contributed by atoms with E-state index in [9.17, 15) is 29.1 Å². The number of unbranched alkanes of at least 4 members (excludes halogenated alkanes) is 4. The van der Waals surface area contributed by atoms with Crippen LogP contribution < -0.4 is 16.0 Å². The predicted molar refractivity (Wildman–Crippen MR) is 138 cm³/mol. The highest BCUT2D eigenvalue weighted by atomic mass is 16.4. The topological polar surface area (TPSA) is 145 Å². The average Bonchev–Trinajstić information content (AvgIpc) is 3.77. The summed E-state index contributed by atoms with van der Waals surface area (Å²) in [4.78, 5) is 64.2. The molecule has 208 valence electrons. The van der Waals surface area contributed by atoms with Crippen LogP contribution in [0.5, 0.6) is 0 Å². The van der Waals surface area contributed by atoms with Gasteiger partial charge in [-0.25, -0.2) is 9.59 Å². The lowest BCUT2D eigenvalue weighted by molar-refractivity contribution is -0.145. The van der Waals surface area contributed by atoms with E-state index in [0.717, 1.165) is 44.9 Å². The molecular weight excluding hydrogens is 476 g/mol. The summed E-state index contributed by atoms with van der Waals surface area (Å²) in [5, 5.41) is 17.8. The first kappa shape index (κ1) is 28.9. The molecule has 10 nitrogen and oxygen atoms in total. The molecule has 2 saturated carbocycles. The van der Waals surface area contributed by atoms with Gasteiger partial charge in [-0.3, -0.25) is 14.4 Å². The molecule has 3 rings (SSSR count). The van der Waals surface area contributed by atoms with Gasteiger partial charge in [0.2, 0.25) is 11.8 Å². The maximum Gasteiger partial charge on any atom is 0.329 e. The van der Waals surface area contributed by atoms with Gasteiger partial charge in [0.25, 0.3) is 0 Å². The minimum atomic E-state index is -1.24. The van der Waals surface area contributed by atoms with E-state index in [4.69, 9.17) is 0 Å². The van der Waals surface area contributed by atoms with Gasteiger partial charge in [0.05, 0.1) is 12.6 Å². The summed E-state index contributed by atoms with van der Waals surface area (Å²) in [6.45, 7) is 5.95. The van der Waals surface area contributed by atoms with Crippen LogP contribution in [0.2, 0.25) is 0 Å². The van der Waals surface area contributed by atoms with Gasteiger partial charge in [-0.2, -0.15) is 0 Å². The van der Waals surface area contributed by atoms with Gasteiger partial charge in [-0.05, 0) is 50.4 Å². The number of carboxylic acid groups (broad SMARTS) is 1. The number of hydrogen-bond acceptors (Lipinski definition) is 5. The van der Waals surface area contributed by atoms with Gasteiger partial charge in [-0.1, -0.05) is 52.9 Å². The Hall–Kier alpha value is -2.65. The highest BCUT2D eigenvalue weighted by molar-refractivity contribution is 5.95. The first-order valence-corrected chi connectivity index (χ1v) is 14.0. The molecule has 4 N–H and O–H groups in total. The van der Waals surface area contributed by atoms with Crippen LogP contribution in [-0.4, -0.2) is 70.3 Å². The number of aliphatic carboxylic acids is 1. The molecule has 2 aliphatic carbocycles.